The molecule has 1 aromatic carbocycles. The average molecular weight is 396 g/mol. The first-order chi connectivity index (χ1) is 14.0. The smallest absolute Gasteiger partial charge is 0.227 e. The van der Waals surface area contributed by atoms with Gasteiger partial charge >= 0.3 is 0 Å². The van der Waals surface area contributed by atoms with Crippen LogP contribution in [-0.2, 0) is 22.4 Å². The molecule has 0 atom stereocenters. The maximum Gasteiger partial charge on any atom is 0.227 e. The molecule has 154 valence electrons. The summed E-state index contributed by atoms with van der Waals surface area (Å²) in [4.78, 5) is 32.2. The van der Waals surface area contributed by atoms with Crippen molar-refractivity contribution in [2.45, 2.75) is 45.4 Å². The molecular weight excluding hydrogens is 368 g/mol. The van der Waals surface area contributed by atoms with Crippen molar-refractivity contribution in [1.29, 1.82) is 0 Å². The first-order valence-corrected chi connectivity index (χ1v) is 10.4. The van der Waals surface area contributed by atoms with E-state index in [1.807, 2.05) is 41.0 Å². The first-order valence-electron chi connectivity index (χ1n) is 10.4. The summed E-state index contributed by atoms with van der Waals surface area (Å²) in [6, 6.07) is 8.12. The summed E-state index contributed by atoms with van der Waals surface area (Å²) in [6.07, 6.45) is 2.93. The standard InChI is InChI=1S/C22H28N4O3/c1-15-3-5-17(6-4-15)12-21(28)26-13-18(14-26)11-20-23-22(24-29-20)19-7-9-25(10-8-19)16(2)27/h3-6,18-19H,7-14H2,1-2H3. The quantitative estimate of drug-likeness (QED) is 0.775. The fourth-order valence-electron chi connectivity index (χ4n) is 4.11. The molecule has 0 radical (unpaired) electrons. The largest absolute Gasteiger partial charge is 0.343 e. The number of benzene rings is 1. The van der Waals surface area contributed by atoms with Gasteiger partial charge in [0.05, 0.1) is 6.42 Å². The molecular formula is C22H28N4O3. The van der Waals surface area contributed by atoms with Crippen LogP contribution in [0.4, 0.5) is 0 Å². The highest BCUT2D eigenvalue weighted by Crippen LogP contribution is 2.27. The number of aryl methyl sites for hydroxylation is 1. The Balaban J connectivity index is 1.22. The Morgan fingerprint density at radius 3 is 2.45 bits per heavy atom. The number of likely N-dealkylation sites (tertiary alicyclic amines) is 2. The van der Waals surface area contributed by atoms with Gasteiger partial charge in [0.2, 0.25) is 17.7 Å². The Labute approximate surface area is 171 Å². The van der Waals surface area contributed by atoms with Gasteiger partial charge in [0, 0.05) is 51.4 Å². The van der Waals surface area contributed by atoms with E-state index in [1.165, 1.54) is 5.56 Å². The molecule has 7 nitrogen and oxygen atoms in total. The Morgan fingerprint density at radius 2 is 1.79 bits per heavy atom. The highest BCUT2D eigenvalue weighted by molar-refractivity contribution is 5.79. The van der Waals surface area contributed by atoms with Crippen LogP contribution in [0.1, 0.15) is 48.5 Å². The lowest BCUT2D eigenvalue weighted by atomic mass is 9.94. The van der Waals surface area contributed by atoms with Crippen molar-refractivity contribution in [3.63, 3.8) is 0 Å². The molecule has 3 heterocycles. The third-order valence-electron chi connectivity index (χ3n) is 6.04. The molecule has 2 aliphatic rings. The lowest BCUT2D eigenvalue weighted by molar-refractivity contribution is -0.136. The van der Waals surface area contributed by atoms with Gasteiger partial charge in [-0.2, -0.15) is 4.98 Å². The highest BCUT2D eigenvalue weighted by atomic mass is 16.5. The van der Waals surface area contributed by atoms with Crippen LogP contribution in [0.15, 0.2) is 28.8 Å². The van der Waals surface area contributed by atoms with Crippen molar-refractivity contribution in [3.8, 4) is 0 Å². The van der Waals surface area contributed by atoms with Crippen molar-refractivity contribution >= 4 is 11.8 Å². The second-order valence-electron chi connectivity index (χ2n) is 8.36. The molecule has 2 aromatic rings. The molecule has 1 aromatic heterocycles. The highest BCUT2D eigenvalue weighted by Gasteiger charge is 2.32. The molecule has 0 N–H and O–H groups in total. The van der Waals surface area contributed by atoms with Crippen LogP contribution in [0.5, 0.6) is 0 Å². The van der Waals surface area contributed by atoms with Crippen LogP contribution in [-0.4, -0.2) is 57.9 Å². The second kappa shape index (κ2) is 8.35. The van der Waals surface area contributed by atoms with Crippen LogP contribution in [0.2, 0.25) is 0 Å². The van der Waals surface area contributed by atoms with Gasteiger partial charge < -0.3 is 14.3 Å². The lowest BCUT2D eigenvalue weighted by Crippen LogP contribution is -2.51. The van der Waals surface area contributed by atoms with Gasteiger partial charge in [0.15, 0.2) is 5.82 Å². The molecule has 2 saturated heterocycles. The first kappa shape index (κ1) is 19.6. The van der Waals surface area contributed by atoms with Crippen LogP contribution in [0.3, 0.4) is 0 Å². The fourth-order valence-corrected chi connectivity index (χ4v) is 4.11. The summed E-state index contributed by atoms with van der Waals surface area (Å²) in [5.74, 6) is 2.36. The topological polar surface area (TPSA) is 79.5 Å². The van der Waals surface area contributed by atoms with Gasteiger partial charge in [-0.3, -0.25) is 9.59 Å². The van der Waals surface area contributed by atoms with Crippen LogP contribution in [0.25, 0.3) is 0 Å². The van der Waals surface area contributed by atoms with E-state index in [0.717, 1.165) is 50.4 Å². The van der Waals surface area contributed by atoms with E-state index in [2.05, 4.69) is 10.1 Å². The Morgan fingerprint density at radius 1 is 1.10 bits per heavy atom. The number of carbonyl (C=O) groups excluding carboxylic acids is 2. The number of aromatic nitrogens is 2. The Kier molecular flexibility index (Phi) is 5.65. The molecule has 0 bridgehead atoms. The minimum atomic E-state index is 0.128. The van der Waals surface area contributed by atoms with E-state index < -0.39 is 0 Å². The monoisotopic (exact) mass is 396 g/mol. The predicted molar refractivity (Wildman–Crippen MR) is 107 cm³/mol. The van der Waals surface area contributed by atoms with Crippen molar-refractivity contribution in [2.24, 2.45) is 5.92 Å². The molecule has 0 aliphatic carbocycles. The molecule has 0 unspecified atom stereocenters. The zero-order valence-electron chi connectivity index (χ0n) is 17.1. The molecule has 0 saturated carbocycles. The molecule has 2 aliphatic heterocycles. The number of rotatable bonds is 5. The van der Waals surface area contributed by atoms with Crippen molar-refractivity contribution in [2.75, 3.05) is 26.2 Å². The molecule has 2 fully saturated rings. The Hall–Kier alpha value is -2.70. The van der Waals surface area contributed by atoms with Crippen LogP contribution >= 0.6 is 0 Å². The van der Waals surface area contributed by atoms with E-state index in [-0.39, 0.29) is 17.7 Å². The lowest BCUT2D eigenvalue weighted by Gasteiger charge is -2.38. The third-order valence-corrected chi connectivity index (χ3v) is 6.04. The average Bonchev–Trinajstić information content (AvgIpc) is 3.15. The second-order valence-corrected chi connectivity index (χ2v) is 8.36. The summed E-state index contributed by atoms with van der Waals surface area (Å²) >= 11 is 0. The van der Waals surface area contributed by atoms with Gasteiger partial charge in [0.1, 0.15) is 0 Å². The zero-order valence-corrected chi connectivity index (χ0v) is 17.1. The summed E-state index contributed by atoms with van der Waals surface area (Å²) in [5.41, 5.74) is 2.26. The fraction of sp³-hybridized carbons (Fsp3) is 0.545. The van der Waals surface area contributed by atoms with E-state index in [0.29, 0.717) is 24.7 Å². The van der Waals surface area contributed by atoms with E-state index in [4.69, 9.17) is 4.52 Å². The summed E-state index contributed by atoms with van der Waals surface area (Å²) < 4.78 is 5.46. The summed E-state index contributed by atoms with van der Waals surface area (Å²) in [7, 11) is 0. The molecule has 0 spiro atoms. The van der Waals surface area contributed by atoms with Gasteiger partial charge in [-0.1, -0.05) is 35.0 Å². The third kappa shape index (κ3) is 4.66. The van der Waals surface area contributed by atoms with E-state index in [1.54, 1.807) is 6.92 Å². The SMILES string of the molecule is CC(=O)N1CCC(c2noc(CC3CN(C(=O)Cc4ccc(C)cc4)C3)n2)CC1. The van der Waals surface area contributed by atoms with Crippen molar-refractivity contribution in [3.05, 3.63) is 47.1 Å². The normalized spacial score (nSPS) is 18.0. The minimum absolute atomic E-state index is 0.128. The molecule has 7 heteroatoms. The zero-order chi connectivity index (χ0) is 20.4. The Bertz CT molecular complexity index is 862. The number of hydrogen-bond donors (Lipinski definition) is 0. The van der Waals surface area contributed by atoms with E-state index >= 15 is 0 Å². The van der Waals surface area contributed by atoms with Gasteiger partial charge in [-0.15, -0.1) is 0 Å². The molecule has 4 rings (SSSR count). The van der Waals surface area contributed by atoms with Gasteiger partial charge in [-0.05, 0) is 25.3 Å². The van der Waals surface area contributed by atoms with Crippen molar-refractivity contribution < 1.29 is 14.1 Å². The van der Waals surface area contributed by atoms with Crippen molar-refractivity contribution in [1.82, 2.24) is 19.9 Å². The molecule has 29 heavy (non-hydrogen) atoms. The number of amides is 2. The molecule has 2 amide bonds. The maximum atomic E-state index is 12.4. The summed E-state index contributed by atoms with van der Waals surface area (Å²) in [6.45, 7) is 6.66. The maximum absolute atomic E-state index is 12.4. The number of piperidine rings is 1. The summed E-state index contributed by atoms with van der Waals surface area (Å²) in [5, 5.41) is 4.17. The van der Waals surface area contributed by atoms with Crippen LogP contribution in [0, 0.1) is 12.8 Å². The number of carbonyl (C=O) groups is 2. The van der Waals surface area contributed by atoms with Gasteiger partial charge in [0.25, 0.3) is 0 Å². The minimum Gasteiger partial charge on any atom is -0.343 e. The van der Waals surface area contributed by atoms with Gasteiger partial charge in [-0.25, -0.2) is 0 Å². The number of nitrogens with zero attached hydrogens (tertiary/aromatic N) is 4. The van der Waals surface area contributed by atoms with Crippen LogP contribution < -0.4 is 0 Å². The number of hydrogen-bond acceptors (Lipinski definition) is 5. The predicted octanol–water partition coefficient (Wildman–Crippen LogP) is 2.35. The van der Waals surface area contributed by atoms with E-state index in [9.17, 15) is 9.59 Å².